The second-order valence-corrected chi connectivity index (χ2v) is 6.83. The van der Waals surface area contributed by atoms with E-state index in [1.165, 1.54) is 37.8 Å². The van der Waals surface area contributed by atoms with Crippen LogP contribution < -0.4 is 11.1 Å². The summed E-state index contributed by atoms with van der Waals surface area (Å²) in [5, 5.41) is 3.50. The summed E-state index contributed by atoms with van der Waals surface area (Å²) in [6.45, 7) is 0.824. The van der Waals surface area contributed by atoms with Gasteiger partial charge < -0.3 is 15.8 Å². The predicted molar refractivity (Wildman–Crippen MR) is 108 cm³/mol. The summed E-state index contributed by atoms with van der Waals surface area (Å²) in [4.78, 5) is 11.0. The Labute approximate surface area is 157 Å². The molecule has 1 unspecified atom stereocenters. The third kappa shape index (κ3) is 8.75. The third-order valence-electron chi connectivity index (χ3n) is 4.62. The lowest BCUT2D eigenvalue weighted by atomic mass is 9.97. The molecule has 2 bridgehead atoms. The summed E-state index contributed by atoms with van der Waals surface area (Å²) in [5.41, 5.74) is 8.07. The average Bonchev–Trinajstić information content (AvgIpc) is 2.62. The summed E-state index contributed by atoms with van der Waals surface area (Å²) in [6.07, 6.45) is 25.8. The van der Waals surface area contributed by atoms with Gasteiger partial charge in [-0.05, 0) is 38.2 Å². The molecule has 2 rings (SSSR count). The number of primary amides is 1. The van der Waals surface area contributed by atoms with Crippen molar-refractivity contribution in [3.63, 3.8) is 0 Å². The number of fused-ring (bicyclic) bond motifs is 2. The van der Waals surface area contributed by atoms with Crippen molar-refractivity contribution in [1.29, 1.82) is 0 Å². The van der Waals surface area contributed by atoms with E-state index in [1.807, 2.05) is 24.3 Å². The molecule has 0 fully saturated rings. The maximum atomic E-state index is 11.0. The van der Waals surface area contributed by atoms with E-state index < -0.39 is 6.09 Å². The van der Waals surface area contributed by atoms with Crippen LogP contribution in [0.3, 0.4) is 0 Å². The van der Waals surface area contributed by atoms with Crippen molar-refractivity contribution >= 4 is 6.09 Å². The first-order chi connectivity index (χ1) is 12.7. The zero-order valence-electron chi connectivity index (χ0n) is 15.7. The molecule has 0 radical (unpaired) electrons. The van der Waals surface area contributed by atoms with Crippen molar-refractivity contribution < 1.29 is 9.53 Å². The van der Waals surface area contributed by atoms with Gasteiger partial charge in [0.1, 0.15) is 6.10 Å². The number of ether oxygens (including phenoxy) is 1. The van der Waals surface area contributed by atoms with Crippen LogP contribution in [0, 0.1) is 0 Å². The van der Waals surface area contributed by atoms with E-state index in [4.69, 9.17) is 10.5 Å². The van der Waals surface area contributed by atoms with Crippen LogP contribution in [0.25, 0.3) is 0 Å². The number of nitrogens with two attached hydrogens (primary N) is 1. The van der Waals surface area contributed by atoms with Crippen molar-refractivity contribution in [1.82, 2.24) is 5.32 Å². The Kier molecular flexibility index (Phi) is 9.41. The second kappa shape index (κ2) is 12.2. The Morgan fingerprint density at radius 2 is 1.92 bits per heavy atom. The lowest BCUT2D eigenvalue weighted by Gasteiger charge is -2.16. The molecule has 0 saturated carbocycles. The molecule has 4 nitrogen and oxygen atoms in total. The summed E-state index contributed by atoms with van der Waals surface area (Å²) < 4.78 is 5.15. The molecular formula is C22H32N2O2. The number of hydrogen-bond acceptors (Lipinski definition) is 3. The van der Waals surface area contributed by atoms with Crippen molar-refractivity contribution in [3.05, 3.63) is 59.9 Å². The van der Waals surface area contributed by atoms with Gasteiger partial charge >= 0.3 is 6.09 Å². The minimum absolute atomic E-state index is 0.284. The highest BCUT2D eigenvalue weighted by molar-refractivity contribution is 5.65. The Morgan fingerprint density at radius 1 is 1.08 bits per heavy atom. The van der Waals surface area contributed by atoms with Crippen LogP contribution in [0.4, 0.5) is 4.79 Å². The topological polar surface area (TPSA) is 64.4 Å². The lowest BCUT2D eigenvalue weighted by Crippen LogP contribution is -2.20. The summed E-state index contributed by atoms with van der Waals surface area (Å²) in [6, 6.07) is 0. The van der Waals surface area contributed by atoms with Gasteiger partial charge in [0.15, 0.2) is 0 Å². The fraction of sp³-hybridized carbons (Fsp3) is 0.500. The van der Waals surface area contributed by atoms with E-state index in [9.17, 15) is 4.79 Å². The maximum absolute atomic E-state index is 11.0. The van der Waals surface area contributed by atoms with E-state index >= 15 is 0 Å². The monoisotopic (exact) mass is 356 g/mol. The largest absolute Gasteiger partial charge is 0.442 e. The number of carbonyl (C=O) groups excluding carboxylic acids is 1. The predicted octanol–water partition coefficient (Wildman–Crippen LogP) is 5.06. The minimum Gasteiger partial charge on any atom is -0.442 e. The molecule has 1 amide bonds. The van der Waals surface area contributed by atoms with Crippen molar-refractivity contribution in [3.8, 4) is 0 Å². The Morgan fingerprint density at radius 3 is 2.81 bits per heavy atom. The Bertz CT molecular complexity index is 585. The Hall–Kier alpha value is -2.23. The highest BCUT2D eigenvalue weighted by atomic mass is 16.6. The number of carbonyl (C=O) groups is 1. The molecule has 0 spiro atoms. The first-order valence-electron chi connectivity index (χ1n) is 9.79. The van der Waals surface area contributed by atoms with Crippen LogP contribution in [0.1, 0.15) is 57.8 Å². The van der Waals surface area contributed by atoms with Gasteiger partial charge in [-0.15, -0.1) is 0 Å². The molecule has 3 N–H and O–H groups in total. The van der Waals surface area contributed by atoms with Gasteiger partial charge in [-0.1, -0.05) is 60.9 Å². The minimum atomic E-state index is -0.722. The molecule has 0 aromatic heterocycles. The molecule has 1 atom stereocenters. The van der Waals surface area contributed by atoms with Gasteiger partial charge in [0.2, 0.25) is 0 Å². The van der Waals surface area contributed by atoms with E-state index in [0.29, 0.717) is 6.42 Å². The quantitative estimate of drug-likeness (QED) is 0.646. The Balaban J connectivity index is 1.91. The average molecular weight is 357 g/mol. The highest BCUT2D eigenvalue weighted by Gasteiger charge is 2.07. The second-order valence-electron chi connectivity index (χ2n) is 6.83. The molecule has 0 aromatic carbocycles. The van der Waals surface area contributed by atoms with E-state index in [1.54, 1.807) is 5.57 Å². The molecule has 1 heterocycles. The van der Waals surface area contributed by atoms with Crippen LogP contribution >= 0.6 is 0 Å². The van der Waals surface area contributed by atoms with Gasteiger partial charge in [-0.3, -0.25) is 0 Å². The zero-order chi connectivity index (χ0) is 18.5. The van der Waals surface area contributed by atoms with Gasteiger partial charge in [-0.25, -0.2) is 4.79 Å². The van der Waals surface area contributed by atoms with Gasteiger partial charge in [0.25, 0.3) is 0 Å². The fourth-order valence-corrected chi connectivity index (χ4v) is 3.24. The molecule has 2 aliphatic rings. The van der Waals surface area contributed by atoms with Gasteiger partial charge in [0.05, 0.1) is 0 Å². The summed E-state index contributed by atoms with van der Waals surface area (Å²) in [5.74, 6) is 0. The number of amides is 1. The zero-order valence-corrected chi connectivity index (χ0v) is 15.7. The normalized spacial score (nSPS) is 26.5. The lowest BCUT2D eigenvalue weighted by molar-refractivity contribution is 0.130. The maximum Gasteiger partial charge on any atom is 0.405 e. The molecule has 0 aromatic rings. The van der Waals surface area contributed by atoms with Crippen LogP contribution in [-0.4, -0.2) is 18.7 Å². The molecule has 142 valence electrons. The molecule has 1 aliphatic heterocycles. The van der Waals surface area contributed by atoms with Crippen molar-refractivity contribution in [2.24, 2.45) is 5.73 Å². The first-order valence-corrected chi connectivity index (χ1v) is 9.79. The van der Waals surface area contributed by atoms with Crippen LogP contribution in [-0.2, 0) is 4.74 Å². The number of allylic oxidation sites excluding steroid dienone is 6. The van der Waals surface area contributed by atoms with Gasteiger partial charge in [0, 0.05) is 25.1 Å². The molecule has 0 saturated heterocycles. The summed E-state index contributed by atoms with van der Waals surface area (Å²) >= 11 is 0. The SMILES string of the molecule is NC(=O)OC1/C=C\CCCCCCC2=CCC=C(C2)NC/C=C\C=C/C1. The van der Waals surface area contributed by atoms with E-state index in [2.05, 4.69) is 29.6 Å². The van der Waals surface area contributed by atoms with Crippen LogP contribution in [0.5, 0.6) is 0 Å². The number of nitrogens with one attached hydrogen (secondary N) is 1. The van der Waals surface area contributed by atoms with E-state index in [-0.39, 0.29) is 6.10 Å². The summed E-state index contributed by atoms with van der Waals surface area (Å²) in [7, 11) is 0. The molecule has 26 heavy (non-hydrogen) atoms. The van der Waals surface area contributed by atoms with Gasteiger partial charge in [-0.2, -0.15) is 0 Å². The van der Waals surface area contributed by atoms with Crippen LogP contribution in [0.2, 0.25) is 0 Å². The van der Waals surface area contributed by atoms with Crippen molar-refractivity contribution in [2.75, 3.05) is 6.54 Å². The number of rotatable bonds is 1. The van der Waals surface area contributed by atoms with Crippen LogP contribution in [0.15, 0.2) is 59.9 Å². The standard InChI is InChI=1S/C22H32N2O2/c23-22(25)26-21-15-8-4-2-1-3-7-12-19-13-11-14-20(18-19)24-17-10-6-5-9-16-21/h5-6,8-10,13-15,21,24H,1-4,7,11-12,16-18H2,(H2,23,25)/b9-5-,10-6-,15-8-. The van der Waals surface area contributed by atoms with Crippen molar-refractivity contribution in [2.45, 2.75) is 63.9 Å². The molecule has 4 heteroatoms. The third-order valence-corrected chi connectivity index (χ3v) is 4.62. The highest BCUT2D eigenvalue weighted by Crippen LogP contribution is 2.22. The molecule has 1 aliphatic carbocycles. The van der Waals surface area contributed by atoms with E-state index in [0.717, 1.165) is 25.8 Å². The fourth-order valence-electron chi connectivity index (χ4n) is 3.24. The number of hydrogen-bond donors (Lipinski definition) is 2. The molecular weight excluding hydrogens is 324 g/mol. The smallest absolute Gasteiger partial charge is 0.405 e. The first kappa shape index (κ1) is 20.1.